The van der Waals surface area contributed by atoms with Crippen LogP contribution in [0.25, 0.3) is 23.0 Å². The number of benzene rings is 1. The highest BCUT2D eigenvalue weighted by atomic mass is 16.5. The van der Waals surface area contributed by atoms with E-state index < -0.39 is 0 Å². The van der Waals surface area contributed by atoms with Gasteiger partial charge in [0.2, 0.25) is 5.82 Å². The molecule has 0 unspecified atom stereocenters. The van der Waals surface area contributed by atoms with Gasteiger partial charge >= 0.3 is 0 Å². The van der Waals surface area contributed by atoms with Gasteiger partial charge in [-0.05, 0) is 36.2 Å². The molecule has 0 aliphatic rings. The molecule has 0 amide bonds. The average Bonchev–Trinajstić information content (AvgIpc) is 2.98. The summed E-state index contributed by atoms with van der Waals surface area (Å²) in [6.07, 6.45) is 2.73. The van der Waals surface area contributed by atoms with Crippen molar-refractivity contribution in [3.05, 3.63) is 54.2 Å². The third kappa shape index (κ3) is 2.38. The van der Waals surface area contributed by atoms with Gasteiger partial charge in [0.1, 0.15) is 5.69 Å². The van der Waals surface area contributed by atoms with Crippen molar-refractivity contribution in [2.24, 2.45) is 0 Å². The predicted molar refractivity (Wildman–Crippen MR) is 72.3 cm³/mol. The average molecular weight is 251 g/mol. The van der Waals surface area contributed by atoms with Crippen molar-refractivity contribution in [1.29, 1.82) is 0 Å². The van der Waals surface area contributed by atoms with E-state index in [1.165, 1.54) is 5.56 Å². The first-order chi connectivity index (χ1) is 9.36. The smallest absolute Gasteiger partial charge is 0.258 e. The number of aryl methyl sites for hydroxylation is 1. The minimum atomic E-state index is 0.509. The van der Waals surface area contributed by atoms with Crippen LogP contribution in [0.15, 0.2) is 53.2 Å². The molecule has 3 aromatic rings. The predicted octanol–water partition coefficient (Wildman–Crippen LogP) is 3.36. The number of aromatic nitrogens is 3. The van der Waals surface area contributed by atoms with Crippen LogP contribution in [0.3, 0.4) is 0 Å². The Morgan fingerprint density at radius 1 is 1.05 bits per heavy atom. The summed E-state index contributed by atoms with van der Waals surface area (Å²) in [4.78, 5) is 8.56. The Kier molecular flexibility index (Phi) is 3.06. The fourth-order valence-electron chi connectivity index (χ4n) is 1.82. The molecule has 0 saturated heterocycles. The van der Waals surface area contributed by atoms with Crippen molar-refractivity contribution in [3.63, 3.8) is 0 Å². The van der Waals surface area contributed by atoms with E-state index in [-0.39, 0.29) is 0 Å². The SMILES string of the molecule is CCc1ccc(-c2nc(-c3ccccn3)no2)cc1. The van der Waals surface area contributed by atoms with Crippen LogP contribution in [-0.2, 0) is 6.42 Å². The summed E-state index contributed by atoms with van der Waals surface area (Å²) in [6.45, 7) is 2.13. The molecule has 19 heavy (non-hydrogen) atoms. The molecule has 0 spiro atoms. The molecular weight excluding hydrogens is 238 g/mol. The van der Waals surface area contributed by atoms with Crippen LogP contribution in [0, 0.1) is 0 Å². The second-order valence-corrected chi connectivity index (χ2v) is 4.19. The van der Waals surface area contributed by atoms with E-state index in [0.29, 0.717) is 17.4 Å². The fraction of sp³-hybridized carbons (Fsp3) is 0.133. The zero-order chi connectivity index (χ0) is 13.1. The number of hydrogen-bond donors (Lipinski definition) is 0. The monoisotopic (exact) mass is 251 g/mol. The summed E-state index contributed by atoms with van der Waals surface area (Å²) in [5.41, 5.74) is 2.92. The third-order valence-electron chi connectivity index (χ3n) is 2.93. The van der Waals surface area contributed by atoms with E-state index in [0.717, 1.165) is 12.0 Å². The lowest BCUT2D eigenvalue weighted by Gasteiger charge is -1.97. The first kappa shape index (κ1) is 11.6. The summed E-state index contributed by atoms with van der Waals surface area (Å²) in [7, 11) is 0. The summed E-state index contributed by atoms with van der Waals surface area (Å²) < 4.78 is 5.28. The van der Waals surface area contributed by atoms with E-state index in [2.05, 4.69) is 34.2 Å². The molecule has 0 aliphatic carbocycles. The Bertz CT molecular complexity index is 659. The first-order valence-electron chi connectivity index (χ1n) is 6.21. The molecular formula is C15H13N3O. The maximum absolute atomic E-state index is 5.28. The molecule has 1 aromatic carbocycles. The zero-order valence-electron chi connectivity index (χ0n) is 10.6. The largest absolute Gasteiger partial charge is 0.334 e. The van der Waals surface area contributed by atoms with E-state index >= 15 is 0 Å². The van der Waals surface area contributed by atoms with Gasteiger partial charge in [0.15, 0.2) is 0 Å². The Hall–Kier alpha value is -2.49. The summed E-state index contributed by atoms with van der Waals surface area (Å²) in [6, 6.07) is 13.7. The van der Waals surface area contributed by atoms with Crippen LogP contribution in [-0.4, -0.2) is 15.1 Å². The zero-order valence-corrected chi connectivity index (χ0v) is 10.6. The van der Waals surface area contributed by atoms with E-state index in [9.17, 15) is 0 Å². The van der Waals surface area contributed by atoms with Gasteiger partial charge in [-0.25, -0.2) is 0 Å². The Labute approximate surface area is 111 Å². The lowest BCUT2D eigenvalue weighted by molar-refractivity contribution is 0.432. The van der Waals surface area contributed by atoms with Crippen LogP contribution in [0.4, 0.5) is 0 Å². The Balaban J connectivity index is 1.92. The molecule has 3 rings (SSSR count). The van der Waals surface area contributed by atoms with Crippen LogP contribution < -0.4 is 0 Å². The highest BCUT2D eigenvalue weighted by Gasteiger charge is 2.10. The van der Waals surface area contributed by atoms with Gasteiger partial charge in [-0.2, -0.15) is 4.98 Å². The highest BCUT2D eigenvalue weighted by molar-refractivity contribution is 5.57. The maximum Gasteiger partial charge on any atom is 0.258 e. The van der Waals surface area contributed by atoms with E-state index in [4.69, 9.17) is 4.52 Å². The number of pyridine rings is 1. The highest BCUT2D eigenvalue weighted by Crippen LogP contribution is 2.21. The molecule has 4 heteroatoms. The van der Waals surface area contributed by atoms with Crippen LogP contribution in [0.5, 0.6) is 0 Å². The molecule has 0 aliphatic heterocycles. The third-order valence-corrected chi connectivity index (χ3v) is 2.93. The maximum atomic E-state index is 5.28. The molecule has 94 valence electrons. The standard InChI is InChI=1S/C15H13N3O/c1-2-11-6-8-12(9-7-11)15-17-14(18-19-15)13-5-3-4-10-16-13/h3-10H,2H2,1H3. The molecule has 0 atom stereocenters. The second-order valence-electron chi connectivity index (χ2n) is 4.19. The van der Waals surface area contributed by atoms with Gasteiger partial charge in [-0.15, -0.1) is 0 Å². The Morgan fingerprint density at radius 3 is 2.58 bits per heavy atom. The van der Waals surface area contributed by atoms with Crippen LogP contribution in [0.2, 0.25) is 0 Å². The van der Waals surface area contributed by atoms with Gasteiger partial charge in [0.05, 0.1) is 0 Å². The van der Waals surface area contributed by atoms with Crippen LogP contribution in [0.1, 0.15) is 12.5 Å². The molecule has 0 fully saturated rings. The fourth-order valence-corrected chi connectivity index (χ4v) is 1.82. The summed E-state index contributed by atoms with van der Waals surface area (Å²) in [5, 5.41) is 3.96. The van der Waals surface area contributed by atoms with Crippen molar-refractivity contribution in [2.75, 3.05) is 0 Å². The lowest BCUT2D eigenvalue weighted by Crippen LogP contribution is -1.84. The molecule has 0 saturated carbocycles. The first-order valence-corrected chi connectivity index (χ1v) is 6.21. The van der Waals surface area contributed by atoms with Crippen LogP contribution >= 0.6 is 0 Å². The second kappa shape index (κ2) is 5.02. The van der Waals surface area contributed by atoms with Gasteiger partial charge < -0.3 is 4.52 Å². The normalized spacial score (nSPS) is 10.6. The summed E-state index contributed by atoms with van der Waals surface area (Å²) >= 11 is 0. The Morgan fingerprint density at radius 2 is 1.89 bits per heavy atom. The summed E-state index contributed by atoms with van der Waals surface area (Å²) in [5.74, 6) is 1.03. The molecule has 0 radical (unpaired) electrons. The van der Waals surface area contributed by atoms with Gasteiger partial charge in [0, 0.05) is 11.8 Å². The number of hydrogen-bond acceptors (Lipinski definition) is 4. The van der Waals surface area contributed by atoms with Gasteiger partial charge in [-0.1, -0.05) is 30.3 Å². The lowest BCUT2D eigenvalue weighted by atomic mass is 10.1. The van der Waals surface area contributed by atoms with Crippen molar-refractivity contribution < 1.29 is 4.52 Å². The van der Waals surface area contributed by atoms with Crippen molar-refractivity contribution in [3.8, 4) is 23.0 Å². The van der Waals surface area contributed by atoms with Crippen molar-refractivity contribution in [2.45, 2.75) is 13.3 Å². The van der Waals surface area contributed by atoms with E-state index in [1.54, 1.807) is 6.20 Å². The minimum Gasteiger partial charge on any atom is -0.334 e. The van der Waals surface area contributed by atoms with Gasteiger partial charge in [0.25, 0.3) is 5.89 Å². The van der Waals surface area contributed by atoms with Crippen molar-refractivity contribution in [1.82, 2.24) is 15.1 Å². The number of rotatable bonds is 3. The van der Waals surface area contributed by atoms with Gasteiger partial charge in [-0.3, -0.25) is 4.98 Å². The quantitative estimate of drug-likeness (QED) is 0.716. The molecule has 0 bridgehead atoms. The molecule has 2 aromatic heterocycles. The minimum absolute atomic E-state index is 0.509. The molecule has 0 N–H and O–H groups in total. The van der Waals surface area contributed by atoms with E-state index in [1.807, 2.05) is 30.3 Å². The molecule has 4 nitrogen and oxygen atoms in total. The molecule has 2 heterocycles. The topological polar surface area (TPSA) is 51.8 Å². The van der Waals surface area contributed by atoms with Crippen molar-refractivity contribution >= 4 is 0 Å². The number of nitrogens with zero attached hydrogens (tertiary/aromatic N) is 3.